The van der Waals surface area contributed by atoms with Gasteiger partial charge in [-0.15, -0.1) is 34.0 Å². The number of carbonyl (C=O) groups excluding carboxylic acids is 8. The van der Waals surface area contributed by atoms with Crippen LogP contribution in [-0.4, -0.2) is 135 Å². The number of hydrogen-bond acceptors (Lipinski definition) is 16. The molecule has 24 nitrogen and oxygen atoms in total. The molecule has 0 bridgehead atoms. The number of carbonyl (C=O) groups is 8. The average Bonchev–Trinajstić information content (AvgIpc) is 3.26. The maximum absolute atomic E-state index is 14.5. The number of anilines is 2. The summed E-state index contributed by atoms with van der Waals surface area (Å²) in [5.74, 6) is -14.6. The zero-order chi connectivity index (χ0) is 52.7. The van der Waals surface area contributed by atoms with Gasteiger partial charge in [0.1, 0.15) is 23.6 Å². The maximum atomic E-state index is 14.5. The van der Waals surface area contributed by atoms with Gasteiger partial charge in [0.2, 0.25) is 35.2 Å². The lowest BCUT2D eigenvalue weighted by molar-refractivity contribution is -0.190. The Balaban J connectivity index is 0.0000130. The van der Waals surface area contributed by atoms with Crippen LogP contribution in [0.1, 0.15) is 71.4 Å². The molecule has 1 aliphatic carbocycles. The largest absolute Gasteiger partial charge is 0.491 e. The molecule has 4 atom stereocenters. The zero-order valence-electron chi connectivity index (χ0n) is 38.2. The normalized spacial score (nSPS) is 13.4. The Morgan fingerprint density at radius 3 is 1.18 bits per heavy atom. The molecule has 0 radical (unpaired) electrons. The highest BCUT2D eigenvalue weighted by atomic mass is 79.9. The molecule has 4 amide bonds. The lowest BCUT2D eigenvalue weighted by atomic mass is 9.81. The quantitative estimate of drug-likeness (QED) is 0.0124. The van der Waals surface area contributed by atoms with Crippen LogP contribution in [0, 0.1) is 10.8 Å². The van der Waals surface area contributed by atoms with E-state index in [1.54, 1.807) is 0 Å². The fourth-order valence-corrected chi connectivity index (χ4v) is 6.50. The van der Waals surface area contributed by atoms with Crippen LogP contribution in [0.3, 0.4) is 0 Å². The molecule has 0 saturated carbocycles. The number of fused-ring (bicyclic) bond motifs is 2. The lowest BCUT2D eigenvalue weighted by Crippen LogP contribution is -2.51. The number of ether oxygens (including phenoxy) is 2. The summed E-state index contributed by atoms with van der Waals surface area (Å²) >= 11 is 0. The van der Waals surface area contributed by atoms with Crippen molar-refractivity contribution in [2.45, 2.75) is 76.1 Å². The van der Waals surface area contributed by atoms with E-state index >= 15 is 0 Å². The lowest BCUT2D eigenvalue weighted by Gasteiger charge is -2.26. The van der Waals surface area contributed by atoms with Crippen molar-refractivity contribution < 1.29 is 74.2 Å². The highest BCUT2D eigenvalue weighted by Crippen LogP contribution is 2.44. The maximum Gasteiger partial charge on any atom is 0.491 e. The smallest absolute Gasteiger partial charge is 0.419 e. The summed E-state index contributed by atoms with van der Waals surface area (Å²) in [5.41, 5.74) is 17.4. The predicted octanol–water partition coefficient (Wildman–Crippen LogP) is -0.200. The fourth-order valence-electron chi connectivity index (χ4n) is 6.50. The Morgan fingerprint density at radius 2 is 0.889 bits per heavy atom. The standard InChI is InChI=1S/C40H52F6N14O10.2BrH/c1-17(33(65)59-21(31(47)63)5-3-11-57-37(49)50)53-13-15-55-19-7-8-20(56-16-14-54-18(2)34(66)60-22(32(48)64)6-4-12-58-38(51)52)26-25(19)29(61)27-23(69-35(67)39(41,42)43)9-10-24(28(27)30(26)62)70-36(68)40(44,45)46;;/h7-10,17-18,21-22,53-56H,3-6,11-16H2,1-2H3,(H2,47,63)(H2,48,64)(H,59,65)(H,60,66)(H4,49,50,57)(H4,51,52,58);2*1H/t17-,18-,21-,22-;;/m0../s1. The highest BCUT2D eigenvalue weighted by Gasteiger charge is 2.46. The average molecular weight is 1160 g/mol. The third-order valence-electron chi connectivity index (χ3n) is 9.97. The summed E-state index contributed by atoms with van der Waals surface area (Å²) < 4.78 is 89.2. The molecule has 32 heteroatoms. The number of hydrogen-bond donors (Lipinski definition) is 14. The number of guanidine groups is 2. The van der Waals surface area contributed by atoms with Crippen molar-refractivity contribution >= 4 is 104 Å². The van der Waals surface area contributed by atoms with E-state index < -0.39 is 117 Å². The first-order chi connectivity index (χ1) is 32.6. The van der Waals surface area contributed by atoms with Gasteiger partial charge in [0.05, 0.1) is 34.3 Å². The second-order valence-corrected chi connectivity index (χ2v) is 15.3. The molecule has 0 aliphatic heterocycles. The Kier molecular flexibility index (Phi) is 24.8. The molecule has 0 unspecified atom stereocenters. The van der Waals surface area contributed by atoms with Gasteiger partial charge in [-0.2, -0.15) is 26.3 Å². The molecule has 18 N–H and O–H groups in total. The Bertz CT molecular complexity index is 2210. The van der Waals surface area contributed by atoms with Crippen LogP contribution in [0.5, 0.6) is 11.5 Å². The Morgan fingerprint density at radius 1 is 0.556 bits per heavy atom. The van der Waals surface area contributed by atoms with Crippen LogP contribution in [0.4, 0.5) is 37.7 Å². The topological polar surface area (TPSA) is 403 Å². The van der Waals surface area contributed by atoms with Gasteiger partial charge in [-0.05, 0) is 63.8 Å². The van der Waals surface area contributed by atoms with Crippen molar-refractivity contribution in [1.29, 1.82) is 10.8 Å². The minimum Gasteiger partial charge on any atom is -0.419 e. The summed E-state index contributed by atoms with van der Waals surface area (Å²) in [6.45, 7) is 2.76. The molecule has 3 rings (SSSR count). The predicted molar refractivity (Wildman–Crippen MR) is 256 cm³/mol. The van der Waals surface area contributed by atoms with E-state index in [9.17, 15) is 64.7 Å². The molecular formula is C40H54Br2F6N14O10. The van der Waals surface area contributed by atoms with Crippen LogP contribution in [0.2, 0.25) is 0 Å². The molecule has 1 aliphatic rings. The molecule has 2 aromatic rings. The number of ketones is 2. The van der Waals surface area contributed by atoms with Crippen molar-refractivity contribution in [2.24, 2.45) is 22.9 Å². The Hall–Kier alpha value is -6.80. The zero-order valence-corrected chi connectivity index (χ0v) is 41.6. The van der Waals surface area contributed by atoms with Crippen LogP contribution < -0.4 is 74.9 Å². The molecule has 0 heterocycles. The monoisotopic (exact) mass is 1160 g/mol. The highest BCUT2D eigenvalue weighted by molar-refractivity contribution is 8.93. The van der Waals surface area contributed by atoms with Crippen LogP contribution in [0.25, 0.3) is 0 Å². The number of primary amides is 2. The second kappa shape index (κ2) is 28.3. The summed E-state index contributed by atoms with van der Waals surface area (Å²) in [6.07, 6.45) is -10.5. The van der Waals surface area contributed by atoms with Crippen molar-refractivity contribution in [3.05, 3.63) is 46.5 Å². The van der Waals surface area contributed by atoms with Crippen molar-refractivity contribution in [2.75, 3.05) is 49.9 Å². The molecule has 400 valence electrons. The number of nitrogens with one attached hydrogen (secondary N) is 10. The van der Waals surface area contributed by atoms with Crippen molar-refractivity contribution in [3.63, 3.8) is 0 Å². The van der Waals surface area contributed by atoms with E-state index in [-0.39, 0.29) is 109 Å². The number of benzene rings is 2. The molecule has 2 aromatic carbocycles. The summed E-state index contributed by atoms with van der Waals surface area (Å²) in [5, 5.41) is 35.8. The summed E-state index contributed by atoms with van der Waals surface area (Å²) in [4.78, 5) is 103. The number of nitrogens with two attached hydrogens (primary N) is 4. The van der Waals surface area contributed by atoms with E-state index in [0.29, 0.717) is 25.0 Å². The van der Waals surface area contributed by atoms with E-state index in [4.69, 9.17) is 33.8 Å². The van der Waals surface area contributed by atoms with Gasteiger partial charge in [0.25, 0.3) is 0 Å². The summed E-state index contributed by atoms with van der Waals surface area (Å²) in [6, 6.07) is -0.821. The van der Waals surface area contributed by atoms with Crippen LogP contribution >= 0.6 is 34.0 Å². The number of alkyl halides is 6. The fraction of sp³-hybridized carbons (Fsp3) is 0.450. The molecular weight excluding hydrogens is 1110 g/mol. The molecule has 0 aromatic heterocycles. The number of amides is 4. The van der Waals surface area contributed by atoms with Crippen molar-refractivity contribution in [3.8, 4) is 11.5 Å². The first kappa shape index (κ1) is 63.2. The van der Waals surface area contributed by atoms with E-state index in [2.05, 4.69) is 52.0 Å². The van der Waals surface area contributed by atoms with Crippen LogP contribution in [0.15, 0.2) is 24.3 Å². The van der Waals surface area contributed by atoms with Gasteiger partial charge in [0, 0.05) is 50.6 Å². The van der Waals surface area contributed by atoms with Gasteiger partial charge in [-0.3, -0.25) is 39.6 Å². The Labute approximate surface area is 426 Å². The molecule has 0 saturated heterocycles. The third-order valence-corrected chi connectivity index (χ3v) is 9.97. The summed E-state index contributed by atoms with van der Waals surface area (Å²) in [7, 11) is 0. The number of esters is 2. The van der Waals surface area contributed by atoms with E-state index in [1.807, 2.05) is 0 Å². The SMILES string of the molecule is Br.Br.C[C@H](NCCNc1ccc(NCCN[C@@H](C)C(=O)N[C@@H](CCCNC(=N)N)C(N)=O)c2c1C(=O)c1c(OC(=O)C(F)(F)F)ccc(OC(=O)C(F)(F)F)c1C2=O)C(=O)N[C@@H](CCCNC(=N)N)C(N)=O. The van der Waals surface area contributed by atoms with Gasteiger partial charge < -0.3 is 74.9 Å². The second-order valence-electron chi connectivity index (χ2n) is 15.3. The van der Waals surface area contributed by atoms with Gasteiger partial charge in [0.15, 0.2) is 11.9 Å². The van der Waals surface area contributed by atoms with Gasteiger partial charge >= 0.3 is 24.3 Å². The molecule has 72 heavy (non-hydrogen) atoms. The van der Waals surface area contributed by atoms with Crippen molar-refractivity contribution in [1.82, 2.24) is 31.9 Å². The minimum atomic E-state index is -5.67. The number of rotatable bonds is 26. The first-order valence-corrected chi connectivity index (χ1v) is 21.0. The van der Waals surface area contributed by atoms with E-state index in [1.165, 1.54) is 26.0 Å². The van der Waals surface area contributed by atoms with Gasteiger partial charge in [-0.25, -0.2) is 9.59 Å². The van der Waals surface area contributed by atoms with E-state index in [0.717, 1.165) is 0 Å². The minimum absolute atomic E-state index is 0. The third kappa shape index (κ3) is 18.4. The molecule has 0 fully saturated rings. The first-order valence-electron chi connectivity index (χ1n) is 21.0. The number of halogens is 8. The van der Waals surface area contributed by atoms with Gasteiger partial charge in [-0.1, -0.05) is 0 Å². The molecule has 0 spiro atoms. The van der Waals surface area contributed by atoms with Crippen LogP contribution in [-0.2, 0) is 28.8 Å².